The van der Waals surface area contributed by atoms with Gasteiger partial charge >= 0.3 is 0 Å². The molecule has 0 spiro atoms. The Kier molecular flexibility index (Phi) is 2.77. The Labute approximate surface area is 96.2 Å². The Bertz CT molecular complexity index is 479. The number of hydrogen-bond donors (Lipinski definition) is 0. The molecule has 1 aromatic heterocycles. The van der Waals surface area contributed by atoms with Crippen LogP contribution in [0.5, 0.6) is 5.75 Å². The highest BCUT2D eigenvalue weighted by molar-refractivity contribution is 9.10. The van der Waals surface area contributed by atoms with Gasteiger partial charge in [-0.15, -0.1) is 0 Å². The van der Waals surface area contributed by atoms with E-state index in [0.29, 0.717) is 5.89 Å². The summed E-state index contributed by atoms with van der Waals surface area (Å²) in [4.78, 5) is 4.16. The average Bonchev–Trinajstić information content (AvgIpc) is 2.64. The molecule has 0 N–H and O–H groups in total. The van der Waals surface area contributed by atoms with Gasteiger partial charge < -0.3 is 9.15 Å². The molecule has 0 aliphatic carbocycles. The number of oxazole rings is 1. The number of halogens is 1. The molecule has 0 saturated carbocycles. The monoisotopic (exact) mass is 267 g/mol. The van der Waals surface area contributed by atoms with Gasteiger partial charge in [0.05, 0.1) is 18.9 Å². The first-order chi connectivity index (χ1) is 7.20. The van der Waals surface area contributed by atoms with E-state index in [2.05, 4.69) is 20.9 Å². The van der Waals surface area contributed by atoms with Crippen molar-refractivity contribution in [3.05, 3.63) is 34.6 Å². The smallest absolute Gasteiger partial charge is 0.229 e. The lowest BCUT2D eigenvalue weighted by Crippen LogP contribution is -1.87. The van der Waals surface area contributed by atoms with Crippen LogP contribution in [0.25, 0.3) is 11.5 Å². The van der Waals surface area contributed by atoms with E-state index < -0.39 is 0 Å². The van der Waals surface area contributed by atoms with E-state index in [0.717, 1.165) is 21.5 Å². The first-order valence-corrected chi connectivity index (χ1v) is 5.26. The van der Waals surface area contributed by atoms with Gasteiger partial charge in [0, 0.05) is 4.47 Å². The molecule has 78 valence electrons. The molecule has 2 rings (SSSR count). The van der Waals surface area contributed by atoms with Crippen LogP contribution in [0.3, 0.4) is 0 Å². The van der Waals surface area contributed by atoms with Crippen molar-refractivity contribution < 1.29 is 9.15 Å². The van der Waals surface area contributed by atoms with Crippen molar-refractivity contribution in [1.29, 1.82) is 0 Å². The van der Waals surface area contributed by atoms with Crippen molar-refractivity contribution in [3.63, 3.8) is 0 Å². The van der Waals surface area contributed by atoms with Gasteiger partial charge in [0.1, 0.15) is 11.5 Å². The summed E-state index contributed by atoms with van der Waals surface area (Å²) >= 11 is 3.38. The van der Waals surface area contributed by atoms with Gasteiger partial charge in [0.25, 0.3) is 0 Å². The SMILES string of the molecule is COc1cc(Br)ccc1-c1ncc(C)o1. The molecular formula is C11H10BrNO2. The highest BCUT2D eigenvalue weighted by atomic mass is 79.9. The fourth-order valence-electron chi connectivity index (χ4n) is 1.32. The van der Waals surface area contributed by atoms with Crippen molar-refractivity contribution in [1.82, 2.24) is 4.98 Å². The van der Waals surface area contributed by atoms with Gasteiger partial charge in [-0.25, -0.2) is 4.98 Å². The van der Waals surface area contributed by atoms with E-state index in [1.54, 1.807) is 13.3 Å². The lowest BCUT2D eigenvalue weighted by Gasteiger charge is -2.05. The number of aromatic nitrogens is 1. The van der Waals surface area contributed by atoms with Gasteiger partial charge in [-0.3, -0.25) is 0 Å². The molecule has 0 bridgehead atoms. The van der Waals surface area contributed by atoms with Gasteiger partial charge in [-0.2, -0.15) is 0 Å². The molecule has 0 unspecified atom stereocenters. The zero-order valence-corrected chi connectivity index (χ0v) is 10.0. The number of nitrogens with zero attached hydrogens (tertiary/aromatic N) is 1. The largest absolute Gasteiger partial charge is 0.496 e. The molecule has 4 heteroatoms. The molecule has 1 heterocycles. The second kappa shape index (κ2) is 4.06. The normalized spacial score (nSPS) is 10.3. The predicted molar refractivity (Wildman–Crippen MR) is 60.9 cm³/mol. The molecule has 15 heavy (non-hydrogen) atoms. The molecular weight excluding hydrogens is 258 g/mol. The van der Waals surface area contributed by atoms with E-state index in [4.69, 9.17) is 9.15 Å². The van der Waals surface area contributed by atoms with Crippen molar-refractivity contribution in [2.24, 2.45) is 0 Å². The molecule has 0 fully saturated rings. The number of benzene rings is 1. The van der Waals surface area contributed by atoms with Gasteiger partial charge in [0.2, 0.25) is 5.89 Å². The lowest BCUT2D eigenvalue weighted by molar-refractivity contribution is 0.413. The Hall–Kier alpha value is -1.29. The summed E-state index contributed by atoms with van der Waals surface area (Å²) in [5, 5.41) is 0. The van der Waals surface area contributed by atoms with Crippen LogP contribution < -0.4 is 4.74 Å². The summed E-state index contributed by atoms with van der Waals surface area (Å²) in [6.07, 6.45) is 1.69. The van der Waals surface area contributed by atoms with E-state index in [9.17, 15) is 0 Å². The van der Waals surface area contributed by atoms with Crippen LogP contribution in [-0.2, 0) is 0 Å². The van der Waals surface area contributed by atoms with E-state index >= 15 is 0 Å². The Balaban J connectivity index is 2.52. The molecule has 0 amide bonds. The van der Waals surface area contributed by atoms with E-state index in [1.165, 1.54) is 0 Å². The average molecular weight is 268 g/mol. The minimum absolute atomic E-state index is 0.580. The van der Waals surface area contributed by atoms with Gasteiger partial charge in [-0.1, -0.05) is 15.9 Å². The summed E-state index contributed by atoms with van der Waals surface area (Å²) in [7, 11) is 1.63. The highest BCUT2D eigenvalue weighted by Gasteiger charge is 2.10. The first-order valence-electron chi connectivity index (χ1n) is 4.47. The fourth-order valence-corrected chi connectivity index (χ4v) is 1.66. The van der Waals surface area contributed by atoms with E-state index in [-0.39, 0.29) is 0 Å². The maximum Gasteiger partial charge on any atom is 0.229 e. The standard InChI is InChI=1S/C11H10BrNO2/c1-7-6-13-11(15-7)9-4-3-8(12)5-10(9)14-2/h3-6H,1-2H3. The quantitative estimate of drug-likeness (QED) is 0.837. The highest BCUT2D eigenvalue weighted by Crippen LogP contribution is 2.31. The maximum absolute atomic E-state index is 5.45. The second-order valence-corrected chi connectivity index (χ2v) is 4.04. The zero-order valence-electron chi connectivity index (χ0n) is 8.45. The van der Waals surface area contributed by atoms with Crippen LogP contribution in [0.15, 0.2) is 33.3 Å². The van der Waals surface area contributed by atoms with Crippen molar-refractivity contribution in [2.45, 2.75) is 6.92 Å². The predicted octanol–water partition coefficient (Wildman–Crippen LogP) is 3.42. The van der Waals surface area contributed by atoms with Crippen LogP contribution in [0.1, 0.15) is 5.76 Å². The Morgan fingerprint density at radius 1 is 1.40 bits per heavy atom. The maximum atomic E-state index is 5.45. The third-order valence-corrected chi connectivity index (χ3v) is 2.51. The molecule has 3 nitrogen and oxygen atoms in total. The van der Waals surface area contributed by atoms with Gasteiger partial charge in [-0.05, 0) is 25.1 Å². The van der Waals surface area contributed by atoms with Crippen molar-refractivity contribution in [2.75, 3.05) is 7.11 Å². The summed E-state index contributed by atoms with van der Waals surface area (Å²) in [5.41, 5.74) is 0.855. The summed E-state index contributed by atoms with van der Waals surface area (Å²) < 4.78 is 11.7. The molecule has 0 aliphatic rings. The summed E-state index contributed by atoms with van der Waals surface area (Å²) in [6, 6.07) is 5.72. The molecule has 0 saturated heterocycles. The van der Waals surface area contributed by atoms with Crippen LogP contribution >= 0.6 is 15.9 Å². The summed E-state index contributed by atoms with van der Waals surface area (Å²) in [6.45, 7) is 1.86. The van der Waals surface area contributed by atoms with Crippen LogP contribution in [0.2, 0.25) is 0 Å². The molecule has 0 radical (unpaired) electrons. The van der Waals surface area contributed by atoms with Crippen LogP contribution in [0, 0.1) is 6.92 Å². The lowest BCUT2D eigenvalue weighted by atomic mass is 10.2. The number of hydrogen-bond acceptors (Lipinski definition) is 3. The third kappa shape index (κ3) is 2.04. The van der Waals surface area contributed by atoms with Crippen LogP contribution in [0.4, 0.5) is 0 Å². The molecule has 0 aliphatic heterocycles. The fraction of sp³-hybridized carbons (Fsp3) is 0.182. The zero-order chi connectivity index (χ0) is 10.8. The minimum Gasteiger partial charge on any atom is -0.496 e. The van der Waals surface area contributed by atoms with E-state index in [1.807, 2.05) is 25.1 Å². The topological polar surface area (TPSA) is 35.3 Å². The Morgan fingerprint density at radius 3 is 2.80 bits per heavy atom. The minimum atomic E-state index is 0.580. The van der Waals surface area contributed by atoms with Gasteiger partial charge in [0.15, 0.2) is 0 Å². The second-order valence-electron chi connectivity index (χ2n) is 3.12. The summed E-state index contributed by atoms with van der Waals surface area (Å²) in [5.74, 6) is 2.11. The Morgan fingerprint density at radius 2 is 2.20 bits per heavy atom. The van der Waals surface area contributed by atoms with Crippen molar-refractivity contribution in [3.8, 4) is 17.2 Å². The molecule has 2 aromatic rings. The third-order valence-electron chi connectivity index (χ3n) is 2.02. The molecule has 0 atom stereocenters. The number of ether oxygens (including phenoxy) is 1. The molecule has 1 aromatic carbocycles. The first kappa shape index (κ1) is 10.2. The number of rotatable bonds is 2. The van der Waals surface area contributed by atoms with Crippen molar-refractivity contribution >= 4 is 15.9 Å². The number of aryl methyl sites for hydroxylation is 1. The van der Waals surface area contributed by atoms with Crippen LogP contribution in [-0.4, -0.2) is 12.1 Å². The number of methoxy groups -OCH3 is 1.